The molecule has 0 aliphatic heterocycles. The molecule has 0 heterocycles. The second-order valence-electron chi connectivity index (χ2n) is 1.63. The Hall–Kier alpha value is -0.560. The zero-order valence-corrected chi connectivity index (χ0v) is 5.73. The fraction of sp³-hybridized carbons (Fsp3) is 0.750. The van der Waals surface area contributed by atoms with E-state index in [0.29, 0.717) is 0 Å². The van der Waals surface area contributed by atoms with Crippen LogP contribution in [0.4, 0.5) is 0 Å². The number of nitriles is 1. The Balaban J connectivity index is 4.03. The van der Waals surface area contributed by atoms with Crippen molar-refractivity contribution < 1.29 is 4.21 Å². The monoisotopic (exact) mass is 132 g/mol. The Morgan fingerprint density at radius 3 is 2.38 bits per heavy atom. The first-order chi connectivity index (χ1) is 3.56. The minimum atomic E-state index is -2.03. The number of rotatable bonds is 1. The first kappa shape index (κ1) is 7.44. The van der Waals surface area contributed by atoms with Gasteiger partial charge in [-0.25, -0.2) is 4.36 Å². The molecule has 0 amide bonds. The van der Waals surface area contributed by atoms with Gasteiger partial charge >= 0.3 is 0 Å². The maximum Gasteiger partial charge on any atom is 0.135 e. The Morgan fingerprint density at radius 2 is 2.25 bits per heavy atom. The lowest BCUT2D eigenvalue weighted by molar-refractivity contribution is 0.683. The van der Waals surface area contributed by atoms with Gasteiger partial charge in [0.15, 0.2) is 0 Å². The van der Waals surface area contributed by atoms with Crippen LogP contribution in [-0.2, 0) is 9.73 Å². The van der Waals surface area contributed by atoms with E-state index < -0.39 is 9.73 Å². The molecular formula is C4H8N2OS. The molecule has 0 aromatic carbocycles. The quantitative estimate of drug-likeness (QED) is 0.480. The van der Waals surface area contributed by atoms with E-state index in [-0.39, 0.29) is 6.54 Å². The molecule has 0 aromatic rings. The maximum absolute atomic E-state index is 10.6. The van der Waals surface area contributed by atoms with E-state index in [0.717, 1.165) is 0 Å². The van der Waals surface area contributed by atoms with Crippen LogP contribution in [0.1, 0.15) is 0 Å². The highest BCUT2D eigenvalue weighted by molar-refractivity contribution is 7.92. The molecule has 0 unspecified atom stereocenters. The van der Waals surface area contributed by atoms with Crippen molar-refractivity contribution in [1.82, 2.24) is 0 Å². The van der Waals surface area contributed by atoms with Gasteiger partial charge in [-0.05, 0) is 0 Å². The first-order valence-electron chi connectivity index (χ1n) is 2.06. The second-order valence-corrected chi connectivity index (χ2v) is 4.25. The summed E-state index contributed by atoms with van der Waals surface area (Å²) in [5.41, 5.74) is 0. The molecule has 3 nitrogen and oxygen atoms in total. The van der Waals surface area contributed by atoms with Crippen molar-refractivity contribution in [1.29, 1.82) is 5.26 Å². The summed E-state index contributed by atoms with van der Waals surface area (Å²) in [5.74, 6) is 0. The third-order valence-electron chi connectivity index (χ3n) is 0.446. The third-order valence-corrected chi connectivity index (χ3v) is 1.20. The van der Waals surface area contributed by atoms with Crippen molar-refractivity contribution in [2.24, 2.45) is 4.36 Å². The lowest BCUT2D eigenvalue weighted by atomic mass is 10.8. The molecule has 0 atom stereocenters. The normalized spacial score (nSPS) is 10.1. The highest BCUT2D eigenvalue weighted by Gasteiger charge is 1.84. The Kier molecular flexibility index (Phi) is 2.49. The first-order valence-corrected chi connectivity index (χ1v) is 4.39. The van der Waals surface area contributed by atoms with Crippen LogP contribution in [-0.4, -0.2) is 23.3 Å². The Morgan fingerprint density at radius 1 is 1.75 bits per heavy atom. The number of nitrogens with zero attached hydrogens (tertiary/aromatic N) is 2. The highest BCUT2D eigenvalue weighted by atomic mass is 32.2. The van der Waals surface area contributed by atoms with Crippen molar-refractivity contribution in [3.63, 3.8) is 0 Å². The molecule has 0 rings (SSSR count). The van der Waals surface area contributed by atoms with Crippen LogP contribution in [0.2, 0.25) is 0 Å². The topological polar surface area (TPSA) is 53.2 Å². The van der Waals surface area contributed by atoms with E-state index >= 15 is 0 Å². The van der Waals surface area contributed by atoms with Crippen LogP contribution in [0.15, 0.2) is 4.36 Å². The SMILES string of the molecule is CS(C)(=O)=NCC#N. The second kappa shape index (κ2) is 2.68. The average molecular weight is 132 g/mol. The van der Waals surface area contributed by atoms with Crippen molar-refractivity contribution in [2.75, 3.05) is 19.1 Å². The van der Waals surface area contributed by atoms with Gasteiger partial charge in [-0.15, -0.1) is 0 Å². The lowest BCUT2D eigenvalue weighted by Crippen LogP contribution is -1.91. The summed E-state index contributed by atoms with van der Waals surface area (Å²) in [6.45, 7) is 0.0336. The molecule has 0 aliphatic carbocycles. The van der Waals surface area contributed by atoms with Gasteiger partial charge in [-0.3, -0.25) is 4.21 Å². The van der Waals surface area contributed by atoms with Crippen LogP contribution in [0.3, 0.4) is 0 Å². The summed E-state index contributed by atoms with van der Waals surface area (Å²) < 4.78 is 14.2. The minimum Gasteiger partial charge on any atom is -0.250 e. The molecule has 0 fully saturated rings. The van der Waals surface area contributed by atoms with E-state index in [1.165, 1.54) is 12.5 Å². The predicted molar refractivity (Wildman–Crippen MR) is 32.9 cm³/mol. The molecule has 46 valence electrons. The van der Waals surface area contributed by atoms with E-state index in [4.69, 9.17) is 5.26 Å². The lowest BCUT2D eigenvalue weighted by Gasteiger charge is -1.86. The molecule has 4 heteroatoms. The van der Waals surface area contributed by atoms with Crippen LogP contribution >= 0.6 is 0 Å². The van der Waals surface area contributed by atoms with Crippen molar-refractivity contribution in [3.8, 4) is 6.07 Å². The number of hydrogen-bond donors (Lipinski definition) is 0. The van der Waals surface area contributed by atoms with Crippen LogP contribution < -0.4 is 0 Å². The highest BCUT2D eigenvalue weighted by Crippen LogP contribution is 1.80. The van der Waals surface area contributed by atoms with Gasteiger partial charge in [0.2, 0.25) is 0 Å². The van der Waals surface area contributed by atoms with Crippen molar-refractivity contribution in [2.45, 2.75) is 0 Å². The zero-order valence-electron chi connectivity index (χ0n) is 4.92. The molecule has 0 N–H and O–H groups in total. The van der Waals surface area contributed by atoms with Gasteiger partial charge in [0, 0.05) is 22.2 Å². The van der Waals surface area contributed by atoms with Crippen LogP contribution in [0.25, 0.3) is 0 Å². The fourth-order valence-corrected chi connectivity index (χ4v) is 0.553. The van der Waals surface area contributed by atoms with Gasteiger partial charge in [-0.2, -0.15) is 5.26 Å². The molecule has 0 spiro atoms. The van der Waals surface area contributed by atoms with Gasteiger partial charge in [-0.1, -0.05) is 0 Å². The summed E-state index contributed by atoms with van der Waals surface area (Å²) in [6.07, 6.45) is 3.01. The molecular weight excluding hydrogens is 124 g/mol. The summed E-state index contributed by atoms with van der Waals surface area (Å²) >= 11 is 0. The molecule has 0 aliphatic rings. The van der Waals surface area contributed by atoms with E-state index in [1.54, 1.807) is 6.07 Å². The summed E-state index contributed by atoms with van der Waals surface area (Å²) in [6, 6.07) is 1.78. The Labute approximate surface area is 49.5 Å². The smallest absolute Gasteiger partial charge is 0.135 e. The molecule has 0 saturated carbocycles. The van der Waals surface area contributed by atoms with Crippen molar-refractivity contribution in [3.05, 3.63) is 0 Å². The van der Waals surface area contributed by atoms with E-state index in [2.05, 4.69) is 4.36 Å². The third kappa shape index (κ3) is 5.44. The maximum atomic E-state index is 10.6. The largest absolute Gasteiger partial charge is 0.250 e. The summed E-state index contributed by atoms with van der Waals surface area (Å²) in [7, 11) is -2.03. The zero-order chi connectivity index (χ0) is 6.62. The minimum absolute atomic E-state index is 0.0336. The average Bonchev–Trinajstić information content (AvgIpc) is 1.59. The van der Waals surface area contributed by atoms with Crippen LogP contribution in [0.5, 0.6) is 0 Å². The fourth-order valence-electron chi connectivity index (χ4n) is 0.184. The van der Waals surface area contributed by atoms with Gasteiger partial charge in [0.05, 0.1) is 6.07 Å². The van der Waals surface area contributed by atoms with E-state index in [1.807, 2.05) is 0 Å². The molecule has 0 radical (unpaired) electrons. The van der Waals surface area contributed by atoms with Gasteiger partial charge < -0.3 is 0 Å². The molecule has 8 heavy (non-hydrogen) atoms. The molecule has 0 bridgehead atoms. The van der Waals surface area contributed by atoms with Gasteiger partial charge in [0.25, 0.3) is 0 Å². The summed E-state index contributed by atoms with van der Waals surface area (Å²) in [5, 5.41) is 7.96. The Bertz CT molecular complexity index is 199. The molecule has 0 aromatic heterocycles. The predicted octanol–water partition coefficient (Wildman–Crippen LogP) is 0.238. The van der Waals surface area contributed by atoms with Gasteiger partial charge in [0.1, 0.15) is 6.54 Å². The van der Waals surface area contributed by atoms with Crippen LogP contribution in [0, 0.1) is 11.3 Å². The van der Waals surface area contributed by atoms with Crippen molar-refractivity contribution >= 4 is 9.73 Å². The van der Waals surface area contributed by atoms with E-state index in [9.17, 15) is 4.21 Å². The molecule has 0 saturated heterocycles. The number of hydrogen-bond acceptors (Lipinski definition) is 3. The standard InChI is InChI=1S/C4H8N2OS/c1-8(2,7)6-4-3-5/h4H2,1-2H3. The summed E-state index contributed by atoms with van der Waals surface area (Å²) in [4.78, 5) is 0.